The highest BCUT2D eigenvalue weighted by Gasteiger charge is 2.36. The van der Waals surface area contributed by atoms with Crippen LogP contribution in [0.2, 0.25) is 0 Å². The van der Waals surface area contributed by atoms with E-state index in [4.69, 9.17) is 9.47 Å². The smallest absolute Gasteiger partial charge is 0.347 e. The summed E-state index contributed by atoms with van der Waals surface area (Å²) in [5.74, 6) is 0.0261. The quantitative estimate of drug-likeness (QED) is 0.483. The van der Waals surface area contributed by atoms with Crippen molar-refractivity contribution in [3.63, 3.8) is 0 Å². The van der Waals surface area contributed by atoms with Crippen LogP contribution >= 0.6 is 0 Å². The van der Waals surface area contributed by atoms with Crippen LogP contribution in [0.3, 0.4) is 0 Å². The van der Waals surface area contributed by atoms with Gasteiger partial charge in [-0.15, -0.1) is 0 Å². The van der Waals surface area contributed by atoms with Crippen molar-refractivity contribution < 1.29 is 31.5 Å². The molecule has 36 heavy (non-hydrogen) atoms. The number of alkyl halides is 2. The lowest BCUT2D eigenvalue weighted by molar-refractivity contribution is -0.162. The van der Waals surface area contributed by atoms with Crippen molar-refractivity contribution in [1.82, 2.24) is 10.0 Å². The maximum Gasteiger partial charge on any atom is 0.347 e. The second kappa shape index (κ2) is 11.7. The standard InChI is InChI=1S/C26H34F2N2O5S/c1-17(25(31)35-26(2,3)4)34-23-11-6-5-10-20(23)19-9-7-8-18(14-19)15-22-24(21(28)12-13-29-22)30-36(32,33)16-27/h5-11,14,17,21-22,24,29-30H,12-13,15-16H2,1-4H3. The summed E-state index contributed by atoms with van der Waals surface area (Å²) >= 11 is 0. The van der Waals surface area contributed by atoms with Crippen LogP contribution in [0.25, 0.3) is 11.1 Å². The molecule has 2 aromatic carbocycles. The van der Waals surface area contributed by atoms with Gasteiger partial charge in [-0.2, -0.15) is 0 Å². The number of piperidine rings is 1. The highest BCUT2D eigenvalue weighted by Crippen LogP contribution is 2.32. The highest BCUT2D eigenvalue weighted by molar-refractivity contribution is 7.89. The fraction of sp³-hybridized carbons (Fsp3) is 0.500. The number of sulfonamides is 1. The molecule has 2 N–H and O–H groups in total. The third kappa shape index (κ3) is 7.72. The molecule has 4 unspecified atom stereocenters. The summed E-state index contributed by atoms with van der Waals surface area (Å²) in [4.78, 5) is 12.4. The zero-order valence-corrected chi connectivity index (χ0v) is 21.8. The lowest BCUT2D eigenvalue weighted by atomic mass is 9.91. The number of ether oxygens (including phenoxy) is 2. The van der Waals surface area contributed by atoms with Crippen LogP contribution in [0.15, 0.2) is 48.5 Å². The monoisotopic (exact) mass is 524 g/mol. The Morgan fingerprint density at radius 3 is 2.61 bits per heavy atom. The predicted octanol–water partition coefficient (Wildman–Crippen LogP) is 3.92. The van der Waals surface area contributed by atoms with Gasteiger partial charge in [0.05, 0.1) is 6.04 Å². The Kier molecular flexibility index (Phi) is 9.08. The normalized spacial score (nSPS) is 21.6. The summed E-state index contributed by atoms with van der Waals surface area (Å²) in [6, 6.07) is 11.6. The lowest BCUT2D eigenvalue weighted by Gasteiger charge is -2.35. The molecule has 0 aliphatic carbocycles. The second-order valence-corrected chi connectivity index (χ2v) is 11.6. The van der Waals surface area contributed by atoms with Gasteiger partial charge in [0.1, 0.15) is 17.5 Å². The van der Waals surface area contributed by atoms with Crippen LogP contribution in [0, 0.1) is 0 Å². The third-order valence-electron chi connectivity index (χ3n) is 5.73. The Hall–Kier alpha value is -2.56. The van der Waals surface area contributed by atoms with Crippen LogP contribution in [0.4, 0.5) is 8.78 Å². The second-order valence-electron chi connectivity index (χ2n) is 9.93. The fourth-order valence-corrected chi connectivity index (χ4v) is 4.90. The number of carbonyl (C=O) groups is 1. The van der Waals surface area contributed by atoms with E-state index in [-0.39, 0.29) is 6.42 Å². The van der Waals surface area contributed by atoms with Gasteiger partial charge in [-0.25, -0.2) is 26.7 Å². The molecule has 198 valence electrons. The van der Waals surface area contributed by atoms with Gasteiger partial charge in [-0.3, -0.25) is 0 Å². The Balaban J connectivity index is 1.81. The third-order valence-corrected chi connectivity index (χ3v) is 6.65. The van der Waals surface area contributed by atoms with E-state index in [0.717, 1.165) is 16.7 Å². The Bertz CT molecular complexity index is 1150. The molecule has 0 spiro atoms. The Morgan fingerprint density at radius 2 is 1.92 bits per heavy atom. The van der Waals surface area contributed by atoms with Gasteiger partial charge in [-0.05, 0) is 64.3 Å². The first-order valence-corrected chi connectivity index (χ1v) is 13.5. The summed E-state index contributed by atoms with van der Waals surface area (Å²) in [5.41, 5.74) is 1.76. The van der Waals surface area contributed by atoms with Crippen molar-refractivity contribution in [1.29, 1.82) is 0 Å². The van der Waals surface area contributed by atoms with Gasteiger partial charge in [0, 0.05) is 11.6 Å². The number of hydrogen-bond donors (Lipinski definition) is 2. The molecule has 10 heteroatoms. The number of carbonyl (C=O) groups excluding carboxylic acids is 1. The number of nitrogens with one attached hydrogen (secondary N) is 2. The molecule has 7 nitrogen and oxygen atoms in total. The van der Waals surface area contributed by atoms with Gasteiger partial charge in [-0.1, -0.05) is 42.5 Å². The van der Waals surface area contributed by atoms with E-state index in [1.54, 1.807) is 39.8 Å². The molecule has 1 fully saturated rings. The molecule has 0 aromatic heterocycles. The first kappa shape index (κ1) is 28.0. The number of esters is 1. The summed E-state index contributed by atoms with van der Waals surface area (Å²) in [5, 5.41) is 3.16. The molecule has 1 heterocycles. The molecule has 0 amide bonds. The van der Waals surface area contributed by atoms with Crippen molar-refractivity contribution >= 4 is 16.0 Å². The van der Waals surface area contributed by atoms with E-state index in [0.29, 0.717) is 18.7 Å². The Morgan fingerprint density at radius 1 is 1.19 bits per heavy atom. The van der Waals surface area contributed by atoms with Gasteiger partial charge >= 0.3 is 5.97 Å². The van der Waals surface area contributed by atoms with Crippen molar-refractivity contribution in [3.8, 4) is 16.9 Å². The molecular weight excluding hydrogens is 490 g/mol. The molecule has 4 atom stereocenters. The SMILES string of the molecule is CC(Oc1ccccc1-c1cccc(CC2NCCC(F)C2NS(=O)(=O)CF)c1)C(=O)OC(C)(C)C. The molecule has 2 aromatic rings. The first-order valence-electron chi connectivity index (χ1n) is 11.9. The average molecular weight is 525 g/mol. The van der Waals surface area contributed by atoms with Crippen LogP contribution in [-0.2, 0) is 26.0 Å². The van der Waals surface area contributed by atoms with Crippen LogP contribution in [-0.4, -0.2) is 56.9 Å². The summed E-state index contributed by atoms with van der Waals surface area (Å²) in [6.07, 6.45) is -1.79. The molecule has 0 saturated carbocycles. The minimum atomic E-state index is -4.22. The Labute approximate surface area is 211 Å². The molecule has 3 rings (SSSR count). The van der Waals surface area contributed by atoms with E-state index in [2.05, 4.69) is 10.0 Å². The summed E-state index contributed by atoms with van der Waals surface area (Å²) in [7, 11) is -4.22. The fourth-order valence-electron chi connectivity index (χ4n) is 4.11. The summed E-state index contributed by atoms with van der Waals surface area (Å²) in [6.45, 7) is 7.38. The van der Waals surface area contributed by atoms with Gasteiger partial charge in [0.15, 0.2) is 6.10 Å². The maximum absolute atomic E-state index is 14.6. The number of halogens is 2. The van der Waals surface area contributed by atoms with Crippen molar-refractivity contribution in [3.05, 3.63) is 54.1 Å². The van der Waals surface area contributed by atoms with Gasteiger partial charge < -0.3 is 14.8 Å². The zero-order valence-electron chi connectivity index (χ0n) is 21.0. The highest BCUT2D eigenvalue weighted by atomic mass is 32.2. The first-order chi connectivity index (χ1) is 16.9. The average Bonchev–Trinajstić information content (AvgIpc) is 2.81. The lowest BCUT2D eigenvalue weighted by Crippen LogP contribution is -2.59. The molecule has 0 radical (unpaired) electrons. The molecule has 1 aliphatic rings. The minimum Gasteiger partial charge on any atom is -0.478 e. The van der Waals surface area contributed by atoms with E-state index in [1.165, 1.54) is 0 Å². The molecule has 1 aliphatic heterocycles. The predicted molar refractivity (Wildman–Crippen MR) is 135 cm³/mol. The number of hydrogen-bond acceptors (Lipinski definition) is 6. The van der Waals surface area contributed by atoms with E-state index >= 15 is 0 Å². The van der Waals surface area contributed by atoms with Crippen molar-refractivity contribution in [2.45, 2.75) is 70.5 Å². The summed E-state index contributed by atoms with van der Waals surface area (Å²) < 4.78 is 64.5. The molecule has 1 saturated heterocycles. The molecular formula is C26H34F2N2O5S. The van der Waals surface area contributed by atoms with Gasteiger partial charge in [0.25, 0.3) is 0 Å². The topological polar surface area (TPSA) is 93.7 Å². The van der Waals surface area contributed by atoms with Crippen LogP contribution < -0.4 is 14.8 Å². The molecule has 0 bridgehead atoms. The van der Waals surface area contributed by atoms with Crippen LogP contribution in [0.5, 0.6) is 5.75 Å². The maximum atomic E-state index is 14.6. The van der Waals surface area contributed by atoms with Gasteiger partial charge in [0.2, 0.25) is 16.0 Å². The van der Waals surface area contributed by atoms with E-state index in [1.807, 2.05) is 36.4 Å². The van der Waals surface area contributed by atoms with Crippen molar-refractivity contribution in [2.24, 2.45) is 0 Å². The van der Waals surface area contributed by atoms with Crippen molar-refractivity contribution in [2.75, 3.05) is 12.6 Å². The number of benzene rings is 2. The van der Waals surface area contributed by atoms with E-state index < -0.39 is 52.0 Å². The number of para-hydroxylation sites is 1. The minimum absolute atomic E-state index is 0.135. The number of rotatable bonds is 9. The zero-order chi connectivity index (χ0) is 26.5. The largest absolute Gasteiger partial charge is 0.478 e. The van der Waals surface area contributed by atoms with Crippen LogP contribution in [0.1, 0.15) is 39.7 Å². The van der Waals surface area contributed by atoms with E-state index in [9.17, 15) is 22.0 Å².